The summed E-state index contributed by atoms with van der Waals surface area (Å²) in [4.78, 5) is 42.6. The number of fused-ring (bicyclic) bond motifs is 1. The monoisotopic (exact) mass is 535 g/mol. The minimum absolute atomic E-state index is 0.0100. The van der Waals surface area contributed by atoms with Gasteiger partial charge in [0, 0.05) is 36.4 Å². The van der Waals surface area contributed by atoms with Crippen molar-refractivity contribution >= 4 is 40.2 Å². The first-order valence-corrected chi connectivity index (χ1v) is 12.2. The van der Waals surface area contributed by atoms with Crippen molar-refractivity contribution in [3.63, 3.8) is 0 Å². The first-order valence-electron chi connectivity index (χ1n) is 11.9. The second-order valence-corrected chi connectivity index (χ2v) is 9.56. The highest BCUT2D eigenvalue weighted by Gasteiger charge is 2.50. The molecule has 2 fully saturated rings. The molecule has 4 rings (SSSR count). The number of likely N-dealkylation sites (tertiary alicyclic amines) is 1. The largest absolute Gasteiger partial charge is 0.356 e. The van der Waals surface area contributed by atoms with Gasteiger partial charge in [-0.25, -0.2) is 13.2 Å². The van der Waals surface area contributed by atoms with Crippen LogP contribution in [0.2, 0.25) is 5.02 Å². The molecule has 196 valence electrons. The Kier molecular flexibility index (Phi) is 7.50. The van der Waals surface area contributed by atoms with Gasteiger partial charge in [0.25, 0.3) is 11.8 Å². The Hall–Kier alpha value is -3.52. The fourth-order valence-electron chi connectivity index (χ4n) is 4.93. The fourth-order valence-corrected chi connectivity index (χ4v) is 5.14. The third-order valence-electron chi connectivity index (χ3n) is 6.83. The minimum Gasteiger partial charge on any atom is -0.356 e. The highest BCUT2D eigenvalue weighted by Crippen LogP contribution is 2.38. The topological polar surface area (TPSA) is 118 Å². The Morgan fingerprint density at radius 3 is 2.81 bits per heavy atom. The van der Waals surface area contributed by atoms with E-state index in [1.807, 2.05) is 6.07 Å². The zero-order valence-corrected chi connectivity index (χ0v) is 20.7. The number of nitrogens with one attached hydrogen (secondary N) is 3. The summed E-state index contributed by atoms with van der Waals surface area (Å²) >= 11 is 6.10. The van der Waals surface area contributed by atoms with E-state index in [0.29, 0.717) is 13.0 Å². The van der Waals surface area contributed by atoms with Crippen LogP contribution < -0.4 is 10.6 Å². The molecule has 0 spiro atoms. The molecule has 1 aromatic heterocycles. The second kappa shape index (κ2) is 10.5. The number of nitriles is 1. The summed E-state index contributed by atoms with van der Waals surface area (Å²) in [5.74, 6) is -6.51. The van der Waals surface area contributed by atoms with Crippen LogP contribution in [0.4, 0.5) is 13.2 Å². The summed E-state index contributed by atoms with van der Waals surface area (Å²) in [7, 11) is 0. The Morgan fingerprint density at radius 2 is 2.16 bits per heavy atom. The Balaban J connectivity index is 1.63. The van der Waals surface area contributed by atoms with E-state index in [2.05, 4.69) is 15.6 Å². The molecule has 2 aliphatic heterocycles. The number of piperidine rings is 2. The zero-order chi connectivity index (χ0) is 26.9. The maximum Gasteiger partial charge on any atom is 0.273 e. The Labute approximate surface area is 215 Å². The van der Waals surface area contributed by atoms with Gasteiger partial charge in [0.05, 0.1) is 16.6 Å². The number of allylic oxidation sites excluding steroid dienone is 1. The number of alkyl halides is 2. The van der Waals surface area contributed by atoms with Gasteiger partial charge in [0.15, 0.2) is 0 Å². The summed E-state index contributed by atoms with van der Waals surface area (Å²) in [5.41, 5.74) is -0.553. The van der Waals surface area contributed by atoms with Crippen LogP contribution in [0.5, 0.6) is 0 Å². The van der Waals surface area contributed by atoms with Gasteiger partial charge < -0.3 is 20.5 Å². The number of nitrogens with zero attached hydrogens (tertiary/aromatic N) is 2. The van der Waals surface area contributed by atoms with Crippen LogP contribution in [0.15, 0.2) is 29.8 Å². The lowest BCUT2D eigenvalue weighted by Gasteiger charge is -2.40. The predicted octanol–water partition coefficient (Wildman–Crippen LogP) is 3.68. The van der Waals surface area contributed by atoms with Gasteiger partial charge in [-0.3, -0.25) is 14.4 Å². The van der Waals surface area contributed by atoms with Crippen LogP contribution >= 0.6 is 11.6 Å². The lowest BCUT2D eigenvalue weighted by Crippen LogP contribution is -2.59. The standard InChI is InChI=1S/C25H25ClF3N5O3/c1-2-16-21(23(36)32-14(12-30)10-13-4-3-8-31-22(13)35)34(9-7-25(16,28)29)24(37)19-11-15-18(27)6-5-17(26)20(15)33-19/h2,5-6,11,13-14,21,33H,3-4,7-10H2,1H3,(H,31,35)(H,32,36)/b16-2+/t13-,14-,21-/m0/s1. The molecule has 2 saturated heterocycles. The van der Waals surface area contributed by atoms with Gasteiger partial charge in [-0.1, -0.05) is 17.7 Å². The molecule has 0 saturated carbocycles. The van der Waals surface area contributed by atoms with Gasteiger partial charge in [0.2, 0.25) is 11.8 Å². The van der Waals surface area contributed by atoms with E-state index >= 15 is 0 Å². The van der Waals surface area contributed by atoms with Crippen LogP contribution in [0.3, 0.4) is 0 Å². The van der Waals surface area contributed by atoms with E-state index in [-0.39, 0.29) is 33.9 Å². The van der Waals surface area contributed by atoms with Crippen molar-refractivity contribution in [2.75, 3.05) is 13.1 Å². The van der Waals surface area contributed by atoms with Crippen molar-refractivity contribution in [2.45, 2.75) is 50.6 Å². The number of amides is 3. The smallest absolute Gasteiger partial charge is 0.273 e. The van der Waals surface area contributed by atoms with Gasteiger partial charge >= 0.3 is 0 Å². The second-order valence-electron chi connectivity index (χ2n) is 9.16. The van der Waals surface area contributed by atoms with E-state index in [0.717, 1.165) is 23.5 Å². The highest BCUT2D eigenvalue weighted by atomic mass is 35.5. The third-order valence-corrected chi connectivity index (χ3v) is 7.14. The van der Waals surface area contributed by atoms with Gasteiger partial charge in [-0.05, 0) is 44.4 Å². The van der Waals surface area contributed by atoms with Crippen LogP contribution in [-0.2, 0) is 9.59 Å². The summed E-state index contributed by atoms with van der Waals surface area (Å²) in [5, 5.41) is 15.0. The molecule has 2 aromatic rings. The van der Waals surface area contributed by atoms with E-state index in [1.165, 1.54) is 19.1 Å². The SMILES string of the molecule is C/C=C1\[C@@H](C(=O)N[C@H](C#N)C[C@@H]2CCCNC2=O)N(C(=O)c2cc3c(F)ccc(Cl)c3[nH]2)CCC1(F)F. The van der Waals surface area contributed by atoms with Crippen molar-refractivity contribution in [2.24, 2.45) is 5.92 Å². The molecule has 3 N–H and O–H groups in total. The predicted molar refractivity (Wildman–Crippen MR) is 129 cm³/mol. The van der Waals surface area contributed by atoms with E-state index < -0.39 is 60.1 Å². The number of aromatic amines is 1. The maximum absolute atomic E-state index is 14.9. The number of hydrogen-bond donors (Lipinski definition) is 3. The number of H-pyrrole nitrogens is 1. The number of benzene rings is 1. The summed E-state index contributed by atoms with van der Waals surface area (Å²) in [6.07, 6.45) is 1.63. The van der Waals surface area contributed by atoms with Gasteiger partial charge in [-0.15, -0.1) is 0 Å². The molecule has 0 radical (unpaired) electrons. The summed E-state index contributed by atoms with van der Waals surface area (Å²) in [6.45, 7) is 1.40. The average Bonchev–Trinajstić information content (AvgIpc) is 3.33. The maximum atomic E-state index is 14.9. The molecular formula is C25H25ClF3N5O3. The van der Waals surface area contributed by atoms with Crippen LogP contribution in [0, 0.1) is 23.1 Å². The molecule has 2 aliphatic rings. The van der Waals surface area contributed by atoms with Crippen molar-refractivity contribution in [3.8, 4) is 6.07 Å². The molecule has 0 bridgehead atoms. The number of hydrogen-bond acceptors (Lipinski definition) is 4. The van der Waals surface area contributed by atoms with Crippen molar-refractivity contribution < 1.29 is 27.6 Å². The zero-order valence-electron chi connectivity index (χ0n) is 19.9. The first kappa shape index (κ1) is 26.5. The normalized spacial score (nSPS) is 23.4. The first-order chi connectivity index (χ1) is 17.6. The van der Waals surface area contributed by atoms with Crippen molar-refractivity contribution in [1.82, 2.24) is 20.5 Å². The fraction of sp³-hybridized carbons (Fsp3) is 0.440. The van der Waals surface area contributed by atoms with E-state index in [1.54, 1.807) is 0 Å². The Morgan fingerprint density at radius 1 is 1.41 bits per heavy atom. The molecule has 8 nitrogen and oxygen atoms in total. The van der Waals surface area contributed by atoms with Crippen molar-refractivity contribution in [1.29, 1.82) is 5.26 Å². The lowest BCUT2D eigenvalue weighted by atomic mass is 9.89. The average molecular weight is 536 g/mol. The molecule has 3 atom stereocenters. The van der Waals surface area contributed by atoms with E-state index in [4.69, 9.17) is 11.6 Å². The number of aromatic nitrogens is 1. The summed E-state index contributed by atoms with van der Waals surface area (Å²) in [6, 6.07) is 2.73. The van der Waals surface area contributed by atoms with E-state index in [9.17, 15) is 32.8 Å². The summed E-state index contributed by atoms with van der Waals surface area (Å²) < 4.78 is 44.0. The van der Waals surface area contributed by atoms with Crippen LogP contribution in [0.25, 0.3) is 10.9 Å². The number of halogens is 4. The third kappa shape index (κ3) is 5.16. The minimum atomic E-state index is -3.37. The number of rotatable bonds is 5. The molecule has 3 heterocycles. The molecular weight excluding hydrogens is 511 g/mol. The Bertz CT molecular complexity index is 1280. The van der Waals surface area contributed by atoms with Crippen LogP contribution in [-0.4, -0.2) is 58.7 Å². The molecule has 0 unspecified atom stereocenters. The molecule has 3 amide bonds. The van der Waals surface area contributed by atoms with Gasteiger partial charge in [-0.2, -0.15) is 5.26 Å². The van der Waals surface area contributed by atoms with Gasteiger partial charge in [0.1, 0.15) is 23.6 Å². The molecule has 37 heavy (non-hydrogen) atoms. The van der Waals surface area contributed by atoms with Crippen LogP contribution in [0.1, 0.15) is 43.1 Å². The lowest BCUT2D eigenvalue weighted by molar-refractivity contribution is -0.130. The number of carbonyl (C=O) groups is 3. The number of carbonyl (C=O) groups excluding carboxylic acids is 3. The van der Waals surface area contributed by atoms with Crippen molar-refractivity contribution in [3.05, 3.63) is 46.4 Å². The highest BCUT2D eigenvalue weighted by molar-refractivity contribution is 6.35. The molecule has 1 aromatic carbocycles. The quantitative estimate of drug-likeness (QED) is 0.506. The molecule has 0 aliphatic carbocycles. The molecule has 12 heteroatoms.